The van der Waals surface area contributed by atoms with Crippen molar-refractivity contribution in [2.45, 2.75) is 6.92 Å². The number of aromatic nitrogens is 3. The molecule has 3 nitrogen and oxygen atoms in total. The minimum atomic E-state index is 0.970. The number of fused-ring (bicyclic) bond motifs is 4. The number of hydrogen-bond acceptors (Lipinski definition) is 2. The van der Waals surface area contributed by atoms with E-state index in [1.165, 1.54) is 48.7 Å². The molecule has 0 atom stereocenters. The number of hydrogen-bond donors (Lipinski definition) is 0. The molecule has 0 spiro atoms. The van der Waals surface area contributed by atoms with E-state index in [4.69, 9.17) is 9.97 Å². The fourth-order valence-electron chi connectivity index (χ4n) is 4.88. The molecule has 0 fully saturated rings. The van der Waals surface area contributed by atoms with E-state index < -0.39 is 0 Å². The summed E-state index contributed by atoms with van der Waals surface area (Å²) >= 11 is 0. The number of aryl methyl sites for hydroxylation is 1. The summed E-state index contributed by atoms with van der Waals surface area (Å²) in [5, 5.41) is 8.90. The van der Waals surface area contributed by atoms with Crippen LogP contribution in [0.4, 0.5) is 0 Å². The average molecular weight is 331 g/mol. The maximum Gasteiger partial charge on any atom is 0.111 e. The molecule has 0 aliphatic rings. The van der Waals surface area contributed by atoms with Crippen molar-refractivity contribution in [1.82, 2.24) is 14.4 Å². The van der Waals surface area contributed by atoms with Crippen LogP contribution in [0.1, 0.15) is 5.82 Å². The Labute approximate surface area is 148 Å². The highest BCUT2D eigenvalue weighted by Gasteiger charge is 2.22. The summed E-state index contributed by atoms with van der Waals surface area (Å²) in [7, 11) is 0. The van der Waals surface area contributed by atoms with Crippen LogP contribution in [-0.2, 0) is 0 Å². The Morgan fingerprint density at radius 2 is 1.65 bits per heavy atom. The zero-order valence-corrected chi connectivity index (χ0v) is 14.1. The number of nitrogens with zero attached hydrogens (tertiary/aromatic N) is 3. The lowest BCUT2D eigenvalue weighted by molar-refractivity contribution is 1.09. The SMILES string of the molecule is Cc1nc2cnc3c4ccccc4c4ccc5cccc6c5c4c3c2n16. The first-order valence-electron chi connectivity index (χ1n) is 8.87. The van der Waals surface area contributed by atoms with Crippen molar-refractivity contribution in [2.24, 2.45) is 0 Å². The molecular formula is C23H13N3. The molecule has 0 N–H and O–H groups in total. The van der Waals surface area contributed by atoms with E-state index in [2.05, 4.69) is 65.9 Å². The molecule has 0 bridgehead atoms. The quantitative estimate of drug-likeness (QED) is 0.264. The van der Waals surface area contributed by atoms with Crippen molar-refractivity contribution in [3.05, 3.63) is 66.6 Å². The Morgan fingerprint density at radius 3 is 2.58 bits per heavy atom. The van der Waals surface area contributed by atoms with Crippen LogP contribution in [0.3, 0.4) is 0 Å². The molecule has 0 saturated heterocycles. The molecule has 0 aliphatic heterocycles. The van der Waals surface area contributed by atoms with Gasteiger partial charge in [-0.3, -0.25) is 9.38 Å². The van der Waals surface area contributed by atoms with Gasteiger partial charge < -0.3 is 0 Å². The summed E-state index contributed by atoms with van der Waals surface area (Å²) in [6, 6.07) is 19.7. The standard InChI is InChI=1S/C23H13N3/c1-12-25-17-11-24-22-16-7-3-2-6-14(16)15-10-9-13-5-4-8-18-19(13)20(15)21(22)23(17)26(12)18/h2-11H,1H3. The molecule has 120 valence electrons. The predicted octanol–water partition coefficient (Wildman–Crippen LogP) is 5.68. The molecule has 0 saturated carbocycles. The van der Waals surface area contributed by atoms with Crippen LogP contribution in [0.5, 0.6) is 0 Å². The maximum atomic E-state index is 4.85. The third kappa shape index (κ3) is 1.24. The van der Waals surface area contributed by atoms with Gasteiger partial charge in [0.05, 0.1) is 22.7 Å². The lowest BCUT2D eigenvalue weighted by Crippen LogP contribution is -1.97. The topological polar surface area (TPSA) is 30.2 Å². The zero-order valence-electron chi connectivity index (χ0n) is 14.1. The summed E-state index contributed by atoms with van der Waals surface area (Å²) < 4.78 is 2.31. The normalized spacial score (nSPS) is 12.8. The van der Waals surface area contributed by atoms with E-state index >= 15 is 0 Å². The van der Waals surface area contributed by atoms with E-state index in [9.17, 15) is 0 Å². The molecule has 4 aromatic carbocycles. The van der Waals surface area contributed by atoms with Crippen LogP contribution in [-0.4, -0.2) is 14.4 Å². The van der Waals surface area contributed by atoms with E-state index in [-0.39, 0.29) is 0 Å². The number of pyridine rings is 2. The van der Waals surface area contributed by atoms with Gasteiger partial charge in [-0.2, -0.15) is 0 Å². The van der Waals surface area contributed by atoms with Crippen molar-refractivity contribution in [3.8, 4) is 0 Å². The minimum Gasteiger partial charge on any atom is -0.295 e. The molecule has 7 rings (SSSR count). The molecular weight excluding hydrogens is 318 g/mol. The summed E-state index contributed by atoms with van der Waals surface area (Å²) in [5.74, 6) is 1.01. The molecule has 0 unspecified atom stereocenters. The first kappa shape index (κ1) is 12.8. The Kier molecular flexibility index (Phi) is 1.99. The molecule has 0 aliphatic carbocycles. The number of benzene rings is 4. The second-order valence-corrected chi connectivity index (χ2v) is 7.12. The number of imidazole rings is 1. The highest BCUT2D eigenvalue weighted by atomic mass is 15.0. The highest BCUT2D eigenvalue weighted by molar-refractivity contribution is 6.38. The van der Waals surface area contributed by atoms with Crippen LogP contribution >= 0.6 is 0 Å². The maximum absolute atomic E-state index is 4.85. The largest absolute Gasteiger partial charge is 0.295 e. The van der Waals surface area contributed by atoms with Gasteiger partial charge in [0, 0.05) is 21.5 Å². The Hall–Kier alpha value is -3.46. The van der Waals surface area contributed by atoms with Gasteiger partial charge in [0.2, 0.25) is 0 Å². The average Bonchev–Trinajstić information content (AvgIpc) is 3.03. The van der Waals surface area contributed by atoms with Crippen LogP contribution in [0, 0.1) is 6.92 Å². The lowest BCUT2D eigenvalue weighted by atomic mass is 9.91. The van der Waals surface area contributed by atoms with Crippen LogP contribution < -0.4 is 0 Å². The van der Waals surface area contributed by atoms with Gasteiger partial charge >= 0.3 is 0 Å². The molecule has 3 aromatic heterocycles. The molecule has 3 heteroatoms. The van der Waals surface area contributed by atoms with Crippen molar-refractivity contribution < 1.29 is 0 Å². The van der Waals surface area contributed by atoms with Gasteiger partial charge in [-0.15, -0.1) is 0 Å². The zero-order chi connectivity index (χ0) is 17.0. The lowest BCUT2D eigenvalue weighted by Gasteiger charge is -2.17. The van der Waals surface area contributed by atoms with Gasteiger partial charge in [-0.1, -0.05) is 48.5 Å². The van der Waals surface area contributed by atoms with Crippen LogP contribution in [0.2, 0.25) is 0 Å². The van der Waals surface area contributed by atoms with E-state index in [0.29, 0.717) is 0 Å². The fourth-order valence-corrected chi connectivity index (χ4v) is 4.88. The smallest absolute Gasteiger partial charge is 0.111 e. The van der Waals surface area contributed by atoms with Crippen molar-refractivity contribution >= 4 is 59.8 Å². The summed E-state index contributed by atoms with van der Waals surface area (Å²) in [4.78, 5) is 9.66. The second-order valence-electron chi connectivity index (χ2n) is 7.12. The fraction of sp³-hybridized carbons (Fsp3) is 0.0435. The van der Waals surface area contributed by atoms with E-state index in [1.807, 2.05) is 6.20 Å². The van der Waals surface area contributed by atoms with Gasteiger partial charge in [-0.25, -0.2) is 4.98 Å². The summed E-state index contributed by atoms with van der Waals surface area (Å²) in [6.07, 6.45) is 1.92. The van der Waals surface area contributed by atoms with Crippen molar-refractivity contribution in [2.75, 3.05) is 0 Å². The van der Waals surface area contributed by atoms with Crippen LogP contribution in [0.15, 0.2) is 60.8 Å². The second kappa shape index (κ2) is 4.02. The highest BCUT2D eigenvalue weighted by Crippen LogP contribution is 2.44. The number of rotatable bonds is 0. The van der Waals surface area contributed by atoms with E-state index in [0.717, 1.165) is 16.9 Å². The van der Waals surface area contributed by atoms with Gasteiger partial charge in [0.1, 0.15) is 11.3 Å². The summed E-state index contributed by atoms with van der Waals surface area (Å²) in [5.41, 5.74) is 4.46. The van der Waals surface area contributed by atoms with Crippen molar-refractivity contribution in [3.63, 3.8) is 0 Å². The Balaban J connectivity index is 2.06. The Morgan fingerprint density at radius 1 is 0.769 bits per heavy atom. The minimum absolute atomic E-state index is 0.970. The first-order valence-corrected chi connectivity index (χ1v) is 8.87. The monoisotopic (exact) mass is 331 g/mol. The summed E-state index contributed by atoms with van der Waals surface area (Å²) in [6.45, 7) is 2.08. The molecule has 26 heavy (non-hydrogen) atoms. The first-order chi connectivity index (χ1) is 12.8. The predicted molar refractivity (Wildman–Crippen MR) is 108 cm³/mol. The van der Waals surface area contributed by atoms with Crippen molar-refractivity contribution in [1.29, 1.82) is 0 Å². The third-order valence-corrected chi connectivity index (χ3v) is 5.85. The molecule has 0 radical (unpaired) electrons. The Bertz CT molecular complexity index is 1640. The van der Waals surface area contributed by atoms with E-state index in [1.54, 1.807) is 0 Å². The van der Waals surface area contributed by atoms with Gasteiger partial charge in [0.25, 0.3) is 0 Å². The van der Waals surface area contributed by atoms with Crippen LogP contribution in [0.25, 0.3) is 59.8 Å². The third-order valence-electron chi connectivity index (χ3n) is 5.85. The molecule has 0 amide bonds. The molecule has 3 heterocycles. The van der Waals surface area contributed by atoms with Gasteiger partial charge in [0.15, 0.2) is 0 Å². The molecule has 7 aromatic rings. The van der Waals surface area contributed by atoms with Gasteiger partial charge in [-0.05, 0) is 29.1 Å².